The van der Waals surface area contributed by atoms with E-state index in [0.717, 1.165) is 44.6 Å². The van der Waals surface area contributed by atoms with Crippen molar-refractivity contribution in [2.75, 3.05) is 13.1 Å². The SMILES string of the molecule is CCCC(CCC)C(=O)N1CC(c2nc(C(C)C)no2)C1. The van der Waals surface area contributed by atoms with Crippen molar-refractivity contribution >= 4 is 5.91 Å². The lowest BCUT2D eigenvalue weighted by atomic mass is 9.92. The van der Waals surface area contributed by atoms with Crippen LogP contribution in [0.4, 0.5) is 0 Å². The molecular weight excluding hydrogens is 266 g/mol. The van der Waals surface area contributed by atoms with E-state index in [-0.39, 0.29) is 17.8 Å². The van der Waals surface area contributed by atoms with Crippen molar-refractivity contribution in [3.8, 4) is 0 Å². The first kappa shape index (κ1) is 16.0. The smallest absolute Gasteiger partial charge is 0.233 e. The van der Waals surface area contributed by atoms with Gasteiger partial charge in [0.1, 0.15) is 0 Å². The molecule has 0 N–H and O–H groups in total. The fraction of sp³-hybridized carbons (Fsp3) is 0.812. The predicted molar refractivity (Wildman–Crippen MR) is 81.0 cm³/mol. The highest BCUT2D eigenvalue weighted by Crippen LogP contribution is 2.29. The summed E-state index contributed by atoms with van der Waals surface area (Å²) >= 11 is 0. The second-order valence-electron chi connectivity index (χ2n) is 6.36. The normalized spacial score (nSPS) is 15.8. The minimum absolute atomic E-state index is 0.190. The summed E-state index contributed by atoms with van der Waals surface area (Å²) in [7, 11) is 0. The molecule has 0 bridgehead atoms. The maximum Gasteiger partial charge on any atom is 0.233 e. The van der Waals surface area contributed by atoms with Crippen molar-refractivity contribution in [3.63, 3.8) is 0 Å². The first-order chi connectivity index (χ1) is 10.1. The number of rotatable bonds is 7. The Morgan fingerprint density at radius 2 is 1.90 bits per heavy atom. The summed E-state index contributed by atoms with van der Waals surface area (Å²) in [6.45, 7) is 9.82. The molecule has 1 fully saturated rings. The van der Waals surface area contributed by atoms with E-state index in [1.165, 1.54) is 0 Å². The molecule has 21 heavy (non-hydrogen) atoms. The van der Waals surface area contributed by atoms with Crippen molar-refractivity contribution < 1.29 is 9.32 Å². The molecule has 0 aromatic carbocycles. The fourth-order valence-electron chi connectivity index (χ4n) is 2.81. The molecule has 0 spiro atoms. The summed E-state index contributed by atoms with van der Waals surface area (Å²) in [5, 5.41) is 3.99. The van der Waals surface area contributed by atoms with Crippen LogP contribution in [0.3, 0.4) is 0 Å². The number of nitrogens with zero attached hydrogens (tertiary/aromatic N) is 3. The maximum atomic E-state index is 12.5. The number of likely N-dealkylation sites (tertiary alicyclic amines) is 1. The van der Waals surface area contributed by atoms with E-state index >= 15 is 0 Å². The molecule has 1 aliphatic rings. The molecule has 1 aromatic rings. The van der Waals surface area contributed by atoms with Crippen LogP contribution in [-0.2, 0) is 4.79 Å². The molecule has 118 valence electrons. The Balaban J connectivity index is 1.88. The minimum atomic E-state index is 0.190. The van der Waals surface area contributed by atoms with E-state index in [1.807, 2.05) is 18.7 Å². The van der Waals surface area contributed by atoms with Gasteiger partial charge in [-0.2, -0.15) is 4.98 Å². The van der Waals surface area contributed by atoms with Gasteiger partial charge in [-0.05, 0) is 12.8 Å². The lowest BCUT2D eigenvalue weighted by Gasteiger charge is -2.39. The molecule has 0 radical (unpaired) electrons. The molecule has 5 nitrogen and oxygen atoms in total. The van der Waals surface area contributed by atoms with Gasteiger partial charge in [-0.15, -0.1) is 0 Å². The predicted octanol–water partition coefficient (Wildman–Crippen LogP) is 3.34. The molecule has 0 aliphatic carbocycles. The zero-order valence-corrected chi connectivity index (χ0v) is 13.6. The number of aromatic nitrogens is 2. The second kappa shape index (κ2) is 7.05. The zero-order chi connectivity index (χ0) is 15.4. The molecule has 5 heteroatoms. The fourth-order valence-corrected chi connectivity index (χ4v) is 2.81. The van der Waals surface area contributed by atoms with Crippen LogP contribution in [0.2, 0.25) is 0 Å². The Hall–Kier alpha value is -1.39. The van der Waals surface area contributed by atoms with Gasteiger partial charge in [0.15, 0.2) is 5.82 Å². The van der Waals surface area contributed by atoms with Gasteiger partial charge in [0.05, 0.1) is 5.92 Å². The van der Waals surface area contributed by atoms with E-state index in [4.69, 9.17) is 4.52 Å². The van der Waals surface area contributed by atoms with Crippen LogP contribution in [0.25, 0.3) is 0 Å². The largest absolute Gasteiger partial charge is 0.341 e. The second-order valence-corrected chi connectivity index (χ2v) is 6.36. The summed E-state index contributed by atoms with van der Waals surface area (Å²) in [5.41, 5.74) is 0. The van der Waals surface area contributed by atoms with Crippen molar-refractivity contribution in [3.05, 3.63) is 11.7 Å². The Morgan fingerprint density at radius 3 is 2.38 bits per heavy atom. The summed E-state index contributed by atoms with van der Waals surface area (Å²) in [6, 6.07) is 0. The lowest BCUT2D eigenvalue weighted by molar-refractivity contribution is -0.141. The van der Waals surface area contributed by atoms with Crippen LogP contribution in [0.5, 0.6) is 0 Å². The molecular formula is C16H27N3O2. The Bertz CT molecular complexity index is 458. The standard InChI is InChI=1S/C16H27N3O2/c1-5-7-12(8-6-2)16(20)19-9-13(10-19)15-17-14(11(3)4)18-21-15/h11-13H,5-10H2,1-4H3. The summed E-state index contributed by atoms with van der Waals surface area (Å²) in [5.74, 6) is 2.43. The van der Waals surface area contributed by atoms with Gasteiger partial charge < -0.3 is 9.42 Å². The summed E-state index contributed by atoms with van der Waals surface area (Å²) in [6.07, 6.45) is 4.11. The Labute approximate surface area is 127 Å². The highest BCUT2D eigenvalue weighted by atomic mass is 16.5. The number of amides is 1. The number of hydrogen-bond acceptors (Lipinski definition) is 4. The third-order valence-electron chi connectivity index (χ3n) is 4.14. The van der Waals surface area contributed by atoms with Crippen molar-refractivity contribution in [2.45, 2.75) is 65.2 Å². The number of carbonyl (C=O) groups excluding carboxylic acids is 1. The number of carbonyl (C=O) groups is 1. The van der Waals surface area contributed by atoms with E-state index in [2.05, 4.69) is 24.0 Å². The van der Waals surface area contributed by atoms with E-state index in [9.17, 15) is 4.79 Å². The molecule has 1 aliphatic heterocycles. The monoisotopic (exact) mass is 293 g/mol. The van der Waals surface area contributed by atoms with Gasteiger partial charge in [0.2, 0.25) is 11.8 Å². The highest BCUT2D eigenvalue weighted by molar-refractivity contribution is 5.79. The van der Waals surface area contributed by atoms with Gasteiger partial charge in [0.25, 0.3) is 0 Å². The molecule has 0 saturated carbocycles. The van der Waals surface area contributed by atoms with Gasteiger partial charge in [-0.1, -0.05) is 45.7 Å². The Kier molecular flexibility index (Phi) is 5.37. The zero-order valence-electron chi connectivity index (χ0n) is 13.6. The first-order valence-electron chi connectivity index (χ1n) is 8.19. The molecule has 1 saturated heterocycles. The van der Waals surface area contributed by atoms with Crippen LogP contribution in [-0.4, -0.2) is 34.0 Å². The topological polar surface area (TPSA) is 59.2 Å². The van der Waals surface area contributed by atoms with Gasteiger partial charge in [-0.3, -0.25) is 4.79 Å². The summed E-state index contributed by atoms with van der Waals surface area (Å²) < 4.78 is 5.31. The third-order valence-corrected chi connectivity index (χ3v) is 4.14. The average Bonchev–Trinajstić information content (AvgIpc) is 2.86. The van der Waals surface area contributed by atoms with Crippen LogP contribution in [0.15, 0.2) is 4.52 Å². The quantitative estimate of drug-likeness (QED) is 0.773. The van der Waals surface area contributed by atoms with E-state index < -0.39 is 0 Å². The van der Waals surface area contributed by atoms with E-state index in [0.29, 0.717) is 11.8 Å². The van der Waals surface area contributed by atoms with Crippen molar-refractivity contribution in [1.82, 2.24) is 15.0 Å². The average molecular weight is 293 g/mol. The molecule has 0 atom stereocenters. The van der Waals surface area contributed by atoms with Crippen LogP contribution in [0, 0.1) is 5.92 Å². The van der Waals surface area contributed by atoms with Crippen molar-refractivity contribution in [1.29, 1.82) is 0 Å². The van der Waals surface area contributed by atoms with Crippen molar-refractivity contribution in [2.24, 2.45) is 5.92 Å². The third kappa shape index (κ3) is 3.63. The Morgan fingerprint density at radius 1 is 1.29 bits per heavy atom. The van der Waals surface area contributed by atoms with Crippen LogP contribution in [0.1, 0.15) is 76.9 Å². The van der Waals surface area contributed by atoms with Gasteiger partial charge in [-0.25, -0.2) is 0 Å². The lowest BCUT2D eigenvalue weighted by Crippen LogP contribution is -2.50. The molecule has 1 aromatic heterocycles. The first-order valence-corrected chi connectivity index (χ1v) is 8.19. The molecule has 1 amide bonds. The van der Waals surface area contributed by atoms with Gasteiger partial charge in [0, 0.05) is 24.9 Å². The highest BCUT2D eigenvalue weighted by Gasteiger charge is 2.37. The molecule has 0 unspecified atom stereocenters. The van der Waals surface area contributed by atoms with E-state index in [1.54, 1.807) is 0 Å². The summed E-state index contributed by atoms with van der Waals surface area (Å²) in [4.78, 5) is 18.8. The minimum Gasteiger partial charge on any atom is -0.341 e. The number of hydrogen-bond donors (Lipinski definition) is 0. The van der Waals surface area contributed by atoms with Crippen LogP contribution >= 0.6 is 0 Å². The molecule has 2 rings (SSSR count). The molecule has 2 heterocycles. The maximum absolute atomic E-state index is 12.5. The van der Waals surface area contributed by atoms with Gasteiger partial charge >= 0.3 is 0 Å². The van der Waals surface area contributed by atoms with Crippen LogP contribution < -0.4 is 0 Å².